The zero-order chi connectivity index (χ0) is 43.4. The molecule has 0 aliphatic carbocycles. The monoisotopic (exact) mass is 814 g/mol. The number of unbranched alkanes of at least 4 members (excludes halogenated alkanes) is 15. The van der Waals surface area contributed by atoms with E-state index in [9.17, 15) is 8.78 Å². The molecular weight excluding hydrogens is 729 g/mol. The summed E-state index contributed by atoms with van der Waals surface area (Å²) in [6, 6.07) is 28.0. The van der Waals surface area contributed by atoms with Crippen molar-refractivity contribution in [3.8, 4) is 5.75 Å². The predicted molar refractivity (Wildman–Crippen MR) is 256 cm³/mol. The van der Waals surface area contributed by atoms with Crippen LogP contribution in [0.4, 0.5) is 14.5 Å². The van der Waals surface area contributed by atoms with Crippen LogP contribution >= 0.6 is 0 Å². The van der Waals surface area contributed by atoms with Crippen molar-refractivity contribution in [3.63, 3.8) is 0 Å². The molecule has 2 nitrogen and oxygen atoms in total. The Morgan fingerprint density at radius 1 is 0.458 bits per heavy atom. The van der Waals surface area contributed by atoms with E-state index in [4.69, 9.17) is 4.74 Å². The van der Waals surface area contributed by atoms with Crippen LogP contribution in [0.5, 0.6) is 5.75 Å². The molecule has 0 spiro atoms. The lowest BCUT2D eigenvalue weighted by atomic mass is 10.0. The van der Waals surface area contributed by atoms with Crippen LogP contribution in [0, 0.1) is 39.3 Å². The molecule has 4 rings (SSSR count). The first kappa shape index (κ1) is 53.4. The summed E-state index contributed by atoms with van der Waals surface area (Å²) >= 11 is 0. The van der Waals surface area contributed by atoms with Gasteiger partial charge in [0.15, 0.2) is 0 Å². The predicted octanol–water partition coefficient (Wildman–Crippen LogP) is 17.6. The van der Waals surface area contributed by atoms with Gasteiger partial charge in [0.2, 0.25) is 0 Å². The summed E-state index contributed by atoms with van der Waals surface area (Å²) in [5.41, 5.74) is 7.54. The Bertz CT molecular complexity index is 1500. The lowest BCUT2D eigenvalue weighted by Gasteiger charge is -2.07. The zero-order valence-corrected chi connectivity index (χ0v) is 39.0. The Labute approximate surface area is 362 Å². The molecule has 0 aromatic heterocycles. The van der Waals surface area contributed by atoms with Crippen LogP contribution in [0.1, 0.15) is 183 Å². The van der Waals surface area contributed by atoms with Gasteiger partial charge in [0, 0.05) is 6.54 Å². The maximum atomic E-state index is 13.5. The van der Waals surface area contributed by atoms with Crippen molar-refractivity contribution >= 4 is 5.69 Å². The highest BCUT2D eigenvalue weighted by Gasteiger charge is 2.03. The molecule has 4 aromatic rings. The maximum Gasteiger partial charge on any atom is 0.146 e. The van der Waals surface area contributed by atoms with Crippen LogP contribution in [-0.4, -0.2) is 13.2 Å². The Morgan fingerprint density at radius 2 is 0.949 bits per heavy atom. The molecule has 0 aliphatic rings. The van der Waals surface area contributed by atoms with Crippen LogP contribution < -0.4 is 10.1 Å². The van der Waals surface area contributed by atoms with E-state index in [0.29, 0.717) is 5.69 Å². The number of hydrogen-bond donors (Lipinski definition) is 1. The molecule has 1 N–H and O–H groups in total. The molecule has 0 saturated carbocycles. The molecule has 0 saturated heterocycles. The first-order valence-electron chi connectivity index (χ1n) is 23.6. The van der Waals surface area contributed by atoms with Gasteiger partial charge in [-0.25, -0.2) is 8.78 Å². The second-order valence-corrected chi connectivity index (χ2v) is 16.4. The number of rotatable bonds is 25. The molecule has 0 radical (unpaired) electrons. The average Bonchev–Trinajstić information content (AvgIpc) is 3.22. The summed E-state index contributed by atoms with van der Waals surface area (Å²) in [5.74, 6) is 0.853. The SMILES string of the molecule is CCCCCCCCc1ccc(C)cc1F.CCCCCCCNc1ccc(C)cc1F.CCCCCCOc1ccccc1C.CCCCCCc1ccc(C)cc1. The third-order valence-corrected chi connectivity index (χ3v) is 10.5. The molecule has 0 fully saturated rings. The quantitative estimate of drug-likeness (QED) is 0.0673. The molecular formula is C55H85F2NO. The van der Waals surface area contributed by atoms with E-state index in [1.165, 1.54) is 132 Å². The highest BCUT2D eigenvalue weighted by molar-refractivity contribution is 5.46. The van der Waals surface area contributed by atoms with Crippen molar-refractivity contribution in [1.29, 1.82) is 0 Å². The molecule has 330 valence electrons. The molecule has 0 aliphatic heterocycles. The minimum absolute atomic E-state index is 0.0337. The van der Waals surface area contributed by atoms with E-state index in [1.807, 2.05) is 56.3 Å². The molecule has 4 aromatic carbocycles. The Kier molecular flexibility index (Phi) is 32.8. The van der Waals surface area contributed by atoms with Gasteiger partial charge in [-0.15, -0.1) is 0 Å². The first-order valence-corrected chi connectivity index (χ1v) is 23.6. The summed E-state index contributed by atoms with van der Waals surface area (Å²) in [7, 11) is 0. The minimum atomic E-state index is -0.145. The molecule has 0 heterocycles. The van der Waals surface area contributed by atoms with Gasteiger partial charge in [0.1, 0.15) is 17.4 Å². The Balaban J connectivity index is 0.000000395. The van der Waals surface area contributed by atoms with E-state index in [0.717, 1.165) is 54.9 Å². The van der Waals surface area contributed by atoms with Gasteiger partial charge in [-0.2, -0.15) is 0 Å². The smallest absolute Gasteiger partial charge is 0.146 e. The van der Waals surface area contributed by atoms with E-state index in [2.05, 4.69) is 77.2 Å². The van der Waals surface area contributed by atoms with E-state index in [1.54, 1.807) is 12.1 Å². The fourth-order valence-corrected chi connectivity index (χ4v) is 6.61. The summed E-state index contributed by atoms with van der Waals surface area (Å²) < 4.78 is 32.6. The third-order valence-electron chi connectivity index (χ3n) is 10.5. The number of ether oxygens (including phenoxy) is 1. The summed E-state index contributed by atoms with van der Waals surface area (Å²) in [4.78, 5) is 0. The summed E-state index contributed by atoms with van der Waals surface area (Å²) in [5, 5.41) is 3.14. The normalized spacial score (nSPS) is 10.4. The molecule has 0 bridgehead atoms. The molecule has 0 amide bonds. The van der Waals surface area contributed by atoms with Gasteiger partial charge < -0.3 is 10.1 Å². The van der Waals surface area contributed by atoms with Gasteiger partial charge in [0.05, 0.1) is 12.3 Å². The van der Waals surface area contributed by atoms with Crippen molar-refractivity contribution in [2.75, 3.05) is 18.5 Å². The lowest BCUT2D eigenvalue weighted by molar-refractivity contribution is 0.303. The van der Waals surface area contributed by atoms with Crippen molar-refractivity contribution in [2.24, 2.45) is 0 Å². The second-order valence-electron chi connectivity index (χ2n) is 16.4. The molecule has 0 unspecified atom stereocenters. The average molecular weight is 814 g/mol. The first-order chi connectivity index (χ1) is 28.6. The highest BCUT2D eigenvalue weighted by Crippen LogP contribution is 2.18. The van der Waals surface area contributed by atoms with Gasteiger partial charge in [-0.3, -0.25) is 0 Å². The van der Waals surface area contributed by atoms with Gasteiger partial charge in [-0.1, -0.05) is 190 Å². The van der Waals surface area contributed by atoms with Crippen LogP contribution in [0.3, 0.4) is 0 Å². The van der Waals surface area contributed by atoms with Crippen molar-refractivity contribution < 1.29 is 13.5 Å². The molecule has 4 heteroatoms. The number of hydrogen-bond acceptors (Lipinski definition) is 2. The van der Waals surface area contributed by atoms with Crippen molar-refractivity contribution in [2.45, 2.75) is 190 Å². The molecule has 0 atom stereocenters. The summed E-state index contributed by atoms with van der Waals surface area (Å²) in [6.07, 6.45) is 26.4. The van der Waals surface area contributed by atoms with Gasteiger partial charge in [0.25, 0.3) is 0 Å². The fraction of sp³-hybridized carbons (Fsp3) is 0.564. The van der Waals surface area contributed by atoms with Crippen molar-refractivity contribution in [3.05, 3.63) is 130 Å². The van der Waals surface area contributed by atoms with Crippen LogP contribution in [0.25, 0.3) is 0 Å². The summed E-state index contributed by atoms with van der Waals surface area (Å²) in [6.45, 7) is 18.7. The van der Waals surface area contributed by atoms with Gasteiger partial charge in [-0.05, 0) is 118 Å². The highest BCUT2D eigenvalue weighted by atomic mass is 19.1. The number of aryl methyl sites for hydroxylation is 6. The zero-order valence-electron chi connectivity index (χ0n) is 39.0. The van der Waals surface area contributed by atoms with Crippen LogP contribution in [0.2, 0.25) is 0 Å². The van der Waals surface area contributed by atoms with E-state index < -0.39 is 0 Å². The fourth-order valence-electron chi connectivity index (χ4n) is 6.61. The van der Waals surface area contributed by atoms with E-state index in [-0.39, 0.29) is 11.6 Å². The standard InChI is InChI=1S/C15H23F.C14H22FN.C13H20O.C13H20/c1-3-4-5-6-7-8-9-14-11-10-13(2)12-15(14)16;1-3-4-5-6-7-10-16-14-9-8-12(2)11-13(14)15;1-3-4-5-8-11-14-13-10-7-6-9-12(13)2;1-3-4-5-6-7-13-10-8-12(2)9-11-13/h10-12H,3-9H2,1-2H3;8-9,11,16H,3-7,10H2,1-2H3;6-7,9-10H,3-5,8,11H2,1-2H3;8-11H,3-7H2,1-2H3. The Hall–Kier alpha value is -3.66. The minimum Gasteiger partial charge on any atom is -0.493 e. The van der Waals surface area contributed by atoms with Crippen molar-refractivity contribution in [1.82, 2.24) is 0 Å². The third kappa shape index (κ3) is 28.4. The molecule has 59 heavy (non-hydrogen) atoms. The largest absolute Gasteiger partial charge is 0.493 e. The van der Waals surface area contributed by atoms with Gasteiger partial charge >= 0.3 is 0 Å². The number of halogens is 2. The second kappa shape index (κ2) is 36.2. The topological polar surface area (TPSA) is 21.3 Å². The van der Waals surface area contributed by atoms with Crippen LogP contribution in [0.15, 0.2) is 84.9 Å². The van der Waals surface area contributed by atoms with E-state index >= 15 is 0 Å². The lowest BCUT2D eigenvalue weighted by Crippen LogP contribution is -2.03. The van der Waals surface area contributed by atoms with Crippen LogP contribution in [-0.2, 0) is 12.8 Å². The Morgan fingerprint density at radius 3 is 1.54 bits per heavy atom. The number of anilines is 1. The number of nitrogens with one attached hydrogen (secondary N) is 1. The maximum absolute atomic E-state index is 13.5. The number of benzene rings is 4. The number of para-hydroxylation sites is 1.